The topological polar surface area (TPSA) is 79.3 Å². The van der Waals surface area contributed by atoms with Crippen LogP contribution in [0.4, 0.5) is 0 Å². The van der Waals surface area contributed by atoms with Crippen LogP contribution >= 0.6 is 24.0 Å². The number of hydrogen-bond donors (Lipinski definition) is 3. The molecule has 0 aromatic carbocycles. The van der Waals surface area contributed by atoms with Crippen molar-refractivity contribution in [3.05, 3.63) is 43.4 Å². The van der Waals surface area contributed by atoms with E-state index in [0.29, 0.717) is 30.5 Å². The number of carboxylic acids is 1. The first-order valence-corrected chi connectivity index (χ1v) is 10.5. The molecule has 0 atom stereocenters. The molecule has 0 radical (unpaired) electrons. The van der Waals surface area contributed by atoms with Gasteiger partial charge in [0.15, 0.2) is 0 Å². The highest BCUT2D eigenvalue weighted by Crippen LogP contribution is 2.39. The predicted molar refractivity (Wildman–Crippen MR) is 111 cm³/mol. The first kappa shape index (κ1) is 19.9. The lowest BCUT2D eigenvalue weighted by molar-refractivity contribution is -0.133. The van der Waals surface area contributed by atoms with Gasteiger partial charge >= 0.3 is 5.97 Å². The molecule has 1 amide bonds. The van der Waals surface area contributed by atoms with Crippen LogP contribution in [0.15, 0.2) is 32.7 Å². The molecular formula is C20H24N2O3S2. The number of thiol groups is 1. The van der Waals surface area contributed by atoms with E-state index < -0.39 is 5.97 Å². The minimum Gasteiger partial charge on any atom is -0.478 e. The van der Waals surface area contributed by atoms with Gasteiger partial charge in [0.25, 0.3) is 5.91 Å². The van der Waals surface area contributed by atoms with E-state index >= 15 is 0 Å². The van der Waals surface area contributed by atoms with Crippen molar-refractivity contribution < 1.29 is 14.7 Å². The monoisotopic (exact) mass is 404 g/mol. The third-order valence-electron chi connectivity index (χ3n) is 5.00. The van der Waals surface area contributed by atoms with Crippen LogP contribution in [-0.4, -0.2) is 22.0 Å². The molecule has 0 fully saturated rings. The van der Waals surface area contributed by atoms with Crippen LogP contribution in [0.2, 0.25) is 0 Å². The van der Waals surface area contributed by atoms with Crippen molar-refractivity contribution in [1.29, 1.82) is 0 Å². The van der Waals surface area contributed by atoms with Gasteiger partial charge in [-0.05, 0) is 69.3 Å². The van der Waals surface area contributed by atoms with E-state index in [1.54, 1.807) is 11.3 Å². The largest absolute Gasteiger partial charge is 0.478 e. The molecule has 7 heteroatoms. The molecule has 0 unspecified atom stereocenters. The number of nitrogens with one attached hydrogen (secondary N) is 1. The van der Waals surface area contributed by atoms with Gasteiger partial charge in [0.1, 0.15) is 5.01 Å². The molecule has 0 saturated heterocycles. The number of carbonyl (C=O) groups is 2. The fourth-order valence-corrected chi connectivity index (χ4v) is 4.99. The fourth-order valence-electron chi connectivity index (χ4n) is 3.68. The molecule has 0 saturated carbocycles. The molecule has 2 aliphatic carbocycles. The number of aliphatic carboxylic acids is 1. The second-order valence-corrected chi connectivity index (χ2v) is 8.39. The van der Waals surface area contributed by atoms with Crippen LogP contribution in [0.3, 0.4) is 0 Å². The first-order valence-electron chi connectivity index (χ1n) is 9.20. The Bertz CT molecular complexity index is 878. The minimum atomic E-state index is -0.998. The molecule has 1 heterocycles. The maximum absolute atomic E-state index is 12.8. The van der Waals surface area contributed by atoms with E-state index in [2.05, 4.69) is 22.9 Å². The maximum Gasteiger partial charge on any atom is 0.332 e. The second kappa shape index (κ2) is 8.44. The van der Waals surface area contributed by atoms with E-state index in [9.17, 15) is 14.7 Å². The number of hydrogen-bond acceptors (Lipinski definition) is 5. The van der Waals surface area contributed by atoms with Crippen molar-refractivity contribution >= 4 is 41.4 Å². The molecule has 0 aliphatic heterocycles. The second-order valence-electron chi connectivity index (χ2n) is 7.00. The molecule has 1 aromatic heterocycles. The number of nitrogens with zero attached hydrogens (tertiary/aromatic N) is 1. The summed E-state index contributed by atoms with van der Waals surface area (Å²) < 4.78 is 0. The van der Waals surface area contributed by atoms with Gasteiger partial charge in [0.05, 0.1) is 0 Å². The van der Waals surface area contributed by atoms with Crippen molar-refractivity contribution in [3.8, 4) is 0 Å². The maximum atomic E-state index is 12.8. The summed E-state index contributed by atoms with van der Waals surface area (Å²) in [6.45, 7) is 3.81. The molecule has 0 spiro atoms. The molecule has 0 bridgehead atoms. The van der Waals surface area contributed by atoms with Crippen LogP contribution < -0.4 is 5.32 Å². The zero-order valence-corrected chi connectivity index (χ0v) is 17.3. The van der Waals surface area contributed by atoms with Crippen LogP contribution in [-0.2, 0) is 9.59 Å². The minimum absolute atomic E-state index is 0.235. The lowest BCUT2D eigenvalue weighted by Crippen LogP contribution is -2.25. The van der Waals surface area contributed by atoms with E-state index in [1.807, 2.05) is 19.2 Å². The highest BCUT2D eigenvalue weighted by Gasteiger charge is 2.27. The number of carboxylic acid groups (broad SMARTS) is 1. The Morgan fingerprint density at radius 2 is 1.78 bits per heavy atom. The van der Waals surface area contributed by atoms with Gasteiger partial charge in [-0.15, -0.1) is 24.0 Å². The SMILES string of the molecule is C/C(NC(=O)C1=C(C(=O)O)CCC1)=C(\C1=C(S)CCCC1)c1nc(C)cs1. The smallest absolute Gasteiger partial charge is 0.332 e. The number of allylic oxidation sites excluding steroid dienone is 4. The van der Waals surface area contributed by atoms with E-state index in [4.69, 9.17) is 0 Å². The van der Waals surface area contributed by atoms with Gasteiger partial charge in [-0.2, -0.15) is 0 Å². The van der Waals surface area contributed by atoms with E-state index in [1.165, 1.54) is 0 Å². The van der Waals surface area contributed by atoms with Crippen molar-refractivity contribution in [2.24, 2.45) is 0 Å². The van der Waals surface area contributed by atoms with Gasteiger partial charge in [-0.25, -0.2) is 9.78 Å². The van der Waals surface area contributed by atoms with Crippen LogP contribution in [0, 0.1) is 6.92 Å². The van der Waals surface area contributed by atoms with Gasteiger partial charge < -0.3 is 10.4 Å². The Balaban J connectivity index is 2.00. The number of aryl methyl sites for hydroxylation is 1. The van der Waals surface area contributed by atoms with Crippen molar-refractivity contribution in [1.82, 2.24) is 10.3 Å². The number of rotatable bonds is 5. The summed E-state index contributed by atoms with van der Waals surface area (Å²) in [5, 5.41) is 15.1. The lowest BCUT2D eigenvalue weighted by atomic mass is 9.92. The van der Waals surface area contributed by atoms with E-state index in [-0.39, 0.29) is 11.5 Å². The zero-order valence-electron chi connectivity index (χ0n) is 15.6. The molecule has 2 aliphatic rings. The van der Waals surface area contributed by atoms with E-state index in [0.717, 1.165) is 52.4 Å². The average molecular weight is 405 g/mol. The molecular weight excluding hydrogens is 380 g/mol. The highest BCUT2D eigenvalue weighted by molar-refractivity contribution is 7.84. The zero-order chi connectivity index (χ0) is 19.6. The number of aromatic nitrogens is 1. The van der Waals surface area contributed by atoms with Crippen molar-refractivity contribution in [3.63, 3.8) is 0 Å². The summed E-state index contributed by atoms with van der Waals surface area (Å²) in [5.74, 6) is -1.31. The van der Waals surface area contributed by atoms with Crippen LogP contribution in [0.1, 0.15) is 62.6 Å². The molecule has 144 valence electrons. The van der Waals surface area contributed by atoms with Crippen molar-refractivity contribution in [2.45, 2.75) is 58.8 Å². The first-order chi connectivity index (χ1) is 12.9. The third-order valence-corrected chi connectivity index (χ3v) is 6.47. The van der Waals surface area contributed by atoms with Crippen LogP contribution in [0.25, 0.3) is 5.57 Å². The Hall–Kier alpha value is -1.86. The van der Waals surface area contributed by atoms with Crippen molar-refractivity contribution in [2.75, 3.05) is 0 Å². The Kier molecular flexibility index (Phi) is 6.22. The summed E-state index contributed by atoms with van der Waals surface area (Å²) in [6, 6.07) is 0. The summed E-state index contributed by atoms with van der Waals surface area (Å²) in [7, 11) is 0. The standard InChI is InChI=1S/C20H24N2O3S2/c1-11-10-27-19(21-11)17(15-6-3-4-9-16(15)26)12(2)22-18(23)13-7-5-8-14(13)20(24)25/h10,26H,3-9H2,1-2H3,(H,22,23)(H,24,25)/b17-12-. The van der Waals surface area contributed by atoms with Gasteiger partial charge in [-0.3, -0.25) is 4.79 Å². The summed E-state index contributed by atoms with van der Waals surface area (Å²) in [5.41, 5.74) is 4.34. The lowest BCUT2D eigenvalue weighted by Gasteiger charge is -2.21. The summed E-state index contributed by atoms with van der Waals surface area (Å²) in [4.78, 5) is 29.8. The predicted octanol–water partition coefficient (Wildman–Crippen LogP) is 4.62. The van der Waals surface area contributed by atoms with Gasteiger partial charge in [-0.1, -0.05) is 0 Å². The third kappa shape index (κ3) is 4.35. The van der Waals surface area contributed by atoms with Crippen LogP contribution in [0.5, 0.6) is 0 Å². The molecule has 1 aromatic rings. The average Bonchev–Trinajstić information content (AvgIpc) is 3.26. The molecule has 2 N–H and O–H groups in total. The molecule has 5 nitrogen and oxygen atoms in total. The Labute approximate surface area is 168 Å². The fraction of sp³-hybridized carbons (Fsp3) is 0.450. The van der Waals surface area contributed by atoms with Gasteiger partial charge in [0.2, 0.25) is 0 Å². The molecule has 3 rings (SSSR count). The number of thiazole rings is 1. The Morgan fingerprint density at radius 1 is 1.11 bits per heavy atom. The highest BCUT2D eigenvalue weighted by atomic mass is 32.1. The number of carbonyl (C=O) groups excluding carboxylic acids is 1. The quantitative estimate of drug-likeness (QED) is 0.626. The summed E-state index contributed by atoms with van der Waals surface area (Å²) in [6.07, 6.45) is 5.70. The number of amides is 1. The Morgan fingerprint density at radius 3 is 2.41 bits per heavy atom. The molecule has 27 heavy (non-hydrogen) atoms. The normalized spacial score (nSPS) is 18.6. The summed E-state index contributed by atoms with van der Waals surface area (Å²) >= 11 is 6.24. The van der Waals surface area contributed by atoms with Gasteiger partial charge in [0, 0.05) is 33.5 Å².